The number of hydrogen-bond donors (Lipinski definition) is 1. The molecule has 1 N–H and O–H groups in total. The molecule has 0 aliphatic heterocycles. The lowest BCUT2D eigenvalue weighted by Gasteiger charge is -2.39. The summed E-state index contributed by atoms with van der Waals surface area (Å²) in [4.78, 5) is 0. The highest BCUT2D eigenvalue weighted by Crippen LogP contribution is 2.38. The van der Waals surface area contributed by atoms with Gasteiger partial charge in [0.1, 0.15) is 0 Å². The van der Waals surface area contributed by atoms with Gasteiger partial charge in [0.15, 0.2) is 0 Å². The summed E-state index contributed by atoms with van der Waals surface area (Å²) >= 11 is 3.33. The molecule has 0 aliphatic rings. The minimum atomic E-state index is -1.50. The molecule has 1 nitrogen and oxygen atoms in total. The zero-order valence-electron chi connectivity index (χ0n) is 8.11. The number of rotatable bonds is 2. The van der Waals surface area contributed by atoms with Crippen LogP contribution in [-0.4, -0.2) is 24.2 Å². The van der Waals surface area contributed by atoms with Gasteiger partial charge in [0.2, 0.25) is 0 Å². The molecular weight excluding hydrogens is 220 g/mol. The van der Waals surface area contributed by atoms with E-state index in [1.807, 2.05) is 0 Å². The Morgan fingerprint density at radius 3 is 1.82 bits per heavy atom. The highest BCUT2D eigenvalue weighted by molar-refractivity contribution is 9.09. The second-order valence-electron chi connectivity index (χ2n) is 4.64. The van der Waals surface area contributed by atoms with Gasteiger partial charge in [-0.15, -0.1) is 0 Å². The van der Waals surface area contributed by atoms with Gasteiger partial charge >= 0.3 is 0 Å². The van der Waals surface area contributed by atoms with Crippen molar-refractivity contribution in [2.75, 3.05) is 5.33 Å². The Hall–Kier alpha value is 0.657. The Labute approximate surface area is 79.3 Å². The first-order valence-electron chi connectivity index (χ1n) is 3.97. The molecule has 0 aliphatic carbocycles. The number of aliphatic hydroxyl groups excluding tert-OH is 1. The maximum absolute atomic E-state index is 9.74. The Balaban J connectivity index is 4.45. The van der Waals surface area contributed by atoms with Crippen molar-refractivity contribution in [3.05, 3.63) is 0 Å². The molecule has 0 radical (unpaired) electrons. The van der Waals surface area contributed by atoms with Gasteiger partial charge in [-0.25, -0.2) is 0 Å². The third-order valence-electron chi connectivity index (χ3n) is 2.91. The van der Waals surface area contributed by atoms with Gasteiger partial charge in [0, 0.05) is 5.33 Å². The largest absolute Gasteiger partial charge is 0.396 e. The van der Waals surface area contributed by atoms with E-state index in [9.17, 15) is 5.11 Å². The van der Waals surface area contributed by atoms with E-state index in [1.54, 1.807) is 0 Å². The molecule has 68 valence electrons. The van der Waals surface area contributed by atoms with E-state index in [0.717, 1.165) is 0 Å². The average molecular weight is 239 g/mol. The Kier molecular flexibility index (Phi) is 3.80. The quantitative estimate of drug-likeness (QED) is 0.580. The molecule has 0 amide bonds. The zero-order chi connectivity index (χ0) is 9.28. The molecule has 0 bridgehead atoms. The van der Waals surface area contributed by atoms with Crippen LogP contribution >= 0.6 is 15.9 Å². The predicted molar refractivity (Wildman–Crippen MR) is 57.0 cm³/mol. The monoisotopic (exact) mass is 238 g/mol. The molecule has 0 saturated heterocycles. The summed E-state index contributed by atoms with van der Waals surface area (Å²) in [5, 5.41) is 10.7. The van der Waals surface area contributed by atoms with Crippen molar-refractivity contribution in [1.82, 2.24) is 0 Å². The lowest BCUT2D eigenvalue weighted by Crippen LogP contribution is -2.50. The van der Waals surface area contributed by atoms with Crippen LogP contribution in [0.2, 0.25) is 18.1 Å². The molecule has 1 unspecified atom stereocenters. The summed E-state index contributed by atoms with van der Waals surface area (Å²) in [6.45, 7) is 11.1. The molecule has 11 heavy (non-hydrogen) atoms. The van der Waals surface area contributed by atoms with Gasteiger partial charge < -0.3 is 5.11 Å². The number of hydrogen-bond acceptors (Lipinski definition) is 1. The van der Waals surface area contributed by atoms with E-state index in [2.05, 4.69) is 49.8 Å². The second-order valence-corrected chi connectivity index (χ2v) is 10.9. The standard InChI is InChI=1S/C8H19BrOSi/c1-8(2,3)11(4,5)7(10)6-9/h7,10H,6H2,1-5H3. The first-order valence-corrected chi connectivity index (χ1v) is 8.17. The van der Waals surface area contributed by atoms with Gasteiger partial charge in [0.05, 0.1) is 13.8 Å². The molecule has 0 heterocycles. The molecule has 0 rings (SSSR count). The first kappa shape index (κ1) is 11.7. The zero-order valence-corrected chi connectivity index (χ0v) is 10.7. The fraction of sp³-hybridized carbons (Fsp3) is 1.00. The van der Waals surface area contributed by atoms with Crippen LogP contribution < -0.4 is 0 Å². The van der Waals surface area contributed by atoms with Crippen molar-refractivity contribution in [2.24, 2.45) is 0 Å². The smallest absolute Gasteiger partial charge is 0.0875 e. The summed E-state index contributed by atoms with van der Waals surface area (Å²) in [5.41, 5.74) is -0.137. The molecular formula is C8H19BrOSi. The normalized spacial score (nSPS) is 16.6. The van der Waals surface area contributed by atoms with E-state index in [0.29, 0.717) is 5.33 Å². The molecule has 0 aromatic heterocycles. The summed E-state index contributed by atoms with van der Waals surface area (Å²) in [6, 6.07) is 0. The van der Waals surface area contributed by atoms with Gasteiger partial charge in [-0.2, -0.15) is 0 Å². The van der Waals surface area contributed by atoms with Crippen LogP contribution in [0.1, 0.15) is 20.8 Å². The minimum Gasteiger partial charge on any atom is -0.396 e. The Morgan fingerprint density at radius 2 is 1.73 bits per heavy atom. The van der Waals surface area contributed by atoms with Crippen LogP contribution in [0.5, 0.6) is 0 Å². The molecule has 0 saturated carbocycles. The second kappa shape index (κ2) is 3.58. The molecule has 0 fully saturated rings. The molecule has 1 atom stereocenters. The lowest BCUT2D eigenvalue weighted by atomic mass is 10.2. The average Bonchev–Trinajstić information content (AvgIpc) is 1.83. The maximum Gasteiger partial charge on any atom is 0.0875 e. The van der Waals surface area contributed by atoms with Crippen LogP contribution in [0.25, 0.3) is 0 Å². The molecule has 0 aromatic carbocycles. The molecule has 3 heteroatoms. The summed E-state index contributed by atoms with van der Waals surface area (Å²) in [5.74, 6) is 0. The highest BCUT2D eigenvalue weighted by atomic mass is 79.9. The van der Waals surface area contributed by atoms with E-state index in [-0.39, 0.29) is 10.8 Å². The lowest BCUT2D eigenvalue weighted by molar-refractivity contribution is 0.263. The molecule has 0 spiro atoms. The van der Waals surface area contributed by atoms with E-state index >= 15 is 0 Å². The third kappa shape index (κ3) is 2.56. The highest BCUT2D eigenvalue weighted by Gasteiger charge is 2.40. The van der Waals surface area contributed by atoms with Crippen LogP contribution in [0.3, 0.4) is 0 Å². The van der Waals surface area contributed by atoms with Crippen LogP contribution in [0.4, 0.5) is 0 Å². The SMILES string of the molecule is CC(C)(C)[Si](C)(C)C(O)CBr. The van der Waals surface area contributed by atoms with Crippen molar-refractivity contribution in [1.29, 1.82) is 0 Å². The number of alkyl halides is 1. The summed E-state index contributed by atoms with van der Waals surface area (Å²) < 4.78 is 0. The maximum atomic E-state index is 9.74. The fourth-order valence-corrected chi connectivity index (χ4v) is 4.51. The van der Waals surface area contributed by atoms with Crippen molar-refractivity contribution >= 4 is 24.0 Å². The van der Waals surface area contributed by atoms with Crippen molar-refractivity contribution in [2.45, 2.75) is 44.6 Å². The van der Waals surface area contributed by atoms with Crippen molar-refractivity contribution in [3.63, 3.8) is 0 Å². The van der Waals surface area contributed by atoms with Gasteiger partial charge in [0.25, 0.3) is 0 Å². The minimum absolute atomic E-state index is 0.137. The van der Waals surface area contributed by atoms with Gasteiger partial charge in [-0.05, 0) is 5.04 Å². The van der Waals surface area contributed by atoms with Gasteiger partial charge in [-0.1, -0.05) is 49.8 Å². The summed E-state index contributed by atoms with van der Waals surface area (Å²) in [6.07, 6.45) is 0. The van der Waals surface area contributed by atoms with Gasteiger partial charge in [-0.3, -0.25) is 0 Å². The molecule has 0 aromatic rings. The first-order chi connectivity index (χ1) is 4.73. The Morgan fingerprint density at radius 1 is 1.36 bits per heavy atom. The topological polar surface area (TPSA) is 20.2 Å². The summed E-state index contributed by atoms with van der Waals surface area (Å²) in [7, 11) is -1.50. The van der Waals surface area contributed by atoms with Crippen molar-refractivity contribution in [3.8, 4) is 0 Å². The third-order valence-corrected chi connectivity index (χ3v) is 9.86. The van der Waals surface area contributed by atoms with Crippen LogP contribution in [0.15, 0.2) is 0 Å². The van der Waals surface area contributed by atoms with Crippen molar-refractivity contribution < 1.29 is 5.11 Å². The predicted octanol–water partition coefficient (Wildman–Crippen LogP) is 2.79. The Bertz CT molecular complexity index is 129. The number of halogens is 1. The van der Waals surface area contributed by atoms with E-state index < -0.39 is 8.07 Å². The van der Waals surface area contributed by atoms with Crippen LogP contribution in [0, 0.1) is 0 Å². The van der Waals surface area contributed by atoms with E-state index in [1.165, 1.54) is 0 Å². The van der Waals surface area contributed by atoms with Crippen LogP contribution in [-0.2, 0) is 0 Å². The van der Waals surface area contributed by atoms with E-state index in [4.69, 9.17) is 0 Å². The fourth-order valence-electron chi connectivity index (χ4n) is 0.693. The number of aliphatic hydroxyl groups is 1.